The van der Waals surface area contributed by atoms with E-state index in [4.69, 9.17) is 0 Å². The van der Waals surface area contributed by atoms with Crippen molar-refractivity contribution in [2.75, 3.05) is 25.4 Å². The predicted octanol–water partition coefficient (Wildman–Crippen LogP) is 3.24. The first-order chi connectivity index (χ1) is 12.1. The Bertz CT molecular complexity index is 756. The molecular formula is C19H31FIN3O2S. The van der Waals surface area contributed by atoms with Gasteiger partial charge in [0.05, 0.1) is 17.0 Å². The summed E-state index contributed by atoms with van der Waals surface area (Å²) in [6.45, 7) is 8.62. The molecule has 0 aromatic heterocycles. The number of hydrogen-bond acceptors (Lipinski definition) is 3. The Hall–Kier alpha value is -0.900. The minimum absolute atomic E-state index is 0. The van der Waals surface area contributed by atoms with Crippen molar-refractivity contribution in [1.29, 1.82) is 0 Å². The van der Waals surface area contributed by atoms with Gasteiger partial charge in [-0.3, -0.25) is 4.99 Å². The summed E-state index contributed by atoms with van der Waals surface area (Å²) >= 11 is 0. The number of halogens is 2. The fraction of sp³-hybridized carbons (Fsp3) is 0.632. The smallest absolute Gasteiger partial charge is 0.191 e. The van der Waals surface area contributed by atoms with E-state index in [1.165, 1.54) is 6.07 Å². The molecule has 0 radical (unpaired) electrons. The van der Waals surface area contributed by atoms with Gasteiger partial charge in [-0.1, -0.05) is 12.1 Å². The van der Waals surface area contributed by atoms with E-state index in [1.807, 2.05) is 13.0 Å². The highest BCUT2D eigenvalue weighted by Gasteiger charge is 2.44. The average Bonchev–Trinajstić information content (AvgIpc) is 3.32. The third-order valence-corrected chi connectivity index (χ3v) is 7.38. The first kappa shape index (κ1) is 24.1. The number of nitrogens with one attached hydrogen (secondary N) is 2. The van der Waals surface area contributed by atoms with Crippen LogP contribution in [0.15, 0.2) is 29.3 Å². The van der Waals surface area contributed by atoms with Crippen molar-refractivity contribution < 1.29 is 12.8 Å². The van der Waals surface area contributed by atoms with Crippen LogP contribution < -0.4 is 10.6 Å². The lowest BCUT2D eigenvalue weighted by Gasteiger charge is -2.20. The van der Waals surface area contributed by atoms with E-state index < -0.39 is 14.6 Å². The second-order valence-electron chi connectivity index (χ2n) is 7.84. The molecule has 8 heteroatoms. The minimum atomic E-state index is -3.17. The lowest BCUT2D eigenvalue weighted by Crippen LogP contribution is -2.42. The summed E-state index contributed by atoms with van der Waals surface area (Å²) in [7, 11) is -3.17. The molecule has 2 N–H and O–H groups in total. The normalized spacial score (nSPS) is 16.4. The first-order valence-electron chi connectivity index (χ1n) is 9.10. The number of aliphatic imine (C=N–C) groups is 1. The van der Waals surface area contributed by atoms with Crippen molar-refractivity contribution in [3.05, 3.63) is 35.6 Å². The van der Waals surface area contributed by atoms with E-state index in [2.05, 4.69) is 15.6 Å². The summed E-state index contributed by atoms with van der Waals surface area (Å²) in [4.78, 5) is 4.61. The molecule has 0 atom stereocenters. The van der Waals surface area contributed by atoms with Crippen LogP contribution >= 0.6 is 24.0 Å². The van der Waals surface area contributed by atoms with Gasteiger partial charge in [-0.2, -0.15) is 0 Å². The quantitative estimate of drug-likeness (QED) is 0.335. The van der Waals surface area contributed by atoms with Crippen LogP contribution in [-0.2, 0) is 15.3 Å². The summed E-state index contributed by atoms with van der Waals surface area (Å²) in [5.41, 5.74) is 0.884. The number of nitrogens with zero attached hydrogens (tertiary/aromatic N) is 1. The van der Waals surface area contributed by atoms with E-state index in [1.54, 1.807) is 32.9 Å². The number of hydrogen-bond donors (Lipinski definition) is 2. The lowest BCUT2D eigenvalue weighted by atomic mass is 9.96. The van der Waals surface area contributed by atoms with Crippen LogP contribution in [0, 0.1) is 5.82 Å². The Labute approximate surface area is 179 Å². The van der Waals surface area contributed by atoms with E-state index in [9.17, 15) is 12.8 Å². The molecule has 5 nitrogen and oxygen atoms in total. The van der Waals surface area contributed by atoms with Gasteiger partial charge in [0, 0.05) is 18.5 Å². The molecule has 0 aliphatic heterocycles. The van der Waals surface area contributed by atoms with Crippen molar-refractivity contribution >= 4 is 39.8 Å². The van der Waals surface area contributed by atoms with Gasteiger partial charge in [0.1, 0.15) is 5.82 Å². The first-order valence-corrected chi connectivity index (χ1v) is 10.8. The number of benzene rings is 1. The monoisotopic (exact) mass is 511 g/mol. The molecule has 2 rings (SSSR count). The molecule has 1 aromatic carbocycles. The highest BCUT2D eigenvalue weighted by molar-refractivity contribution is 14.0. The van der Waals surface area contributed by atoms with Crippen LogP contribution in [0.4, 0.5) is 4.39 Å². The molecule has 27 heavy (non-hydrogen) atoms. The summed E-state index contributed by atoms with van der Waals surface area (Å²) in [5, 5.41) is 6.24. The van der Waals surface area contributed by atoms with Gasteiger partial charge in [-0.05, 0) is 58.2 Å². The minimum Gasteiger partial charge on any atom is -0.357 e. The van der Waals surface area contributed by atoms with Crippen LogP contribution in [0.25, 0.3) is 0 Å². The van der Waals surface area contributed by atoms with Crippen LogP contribution in [0.2, 0.25) is 0 Å². The maximum Gasteiger partial charge on any atom is 0.191 e. The molecular weight excluding hydrogens is 480 g/mol. The predicted molar refractivity (Wildman–Crippen MR) is 120 cm³/mol. The largest absolute Gasteiger partial charge is 0.357 e. The zero-order chi connectivity index (χ0) is 19.4. The van der Waals surface area contributed by atoms with Crippen LogP contribution in [-0.4, -0.2) is 44.5 Å². The molecule has 1 fully saturated rings. The summed E-state index contributed by atoms with van der Waals surface area (Å²) < 4.78 is 37.1. The van der Waals surface area contributed by atoms with Crippen molar-refractivity contribution in [3.8, 4) is 0 Å². The molecule has 0 unspecified atom stereocenters. The molecule has 0 heterocycles. The molecule has 0 saturated heterocycles. The molecule has 1 aliphatic carbocycles. The highest BCUT2D eigenvalue weighted by atomic mass is 127. The second kappa shape index (κ2) is 9.54. The third-order valence-electron chi connectivity index (χ3n) is 4.77. The van der Waals surface area contributed by atoms with Crippen molar-refractivity contribution in [3.63, 3.8) is 0 Å². The third kappa shape index (κ3) is 6.58. The van der Waals surface area contributed by atoms with E-state index in [-0.39, 0.29) is 41.0 Å². The van der Waals surface area contributed by atoms with Gasteiger partial charge < -0.3 is 10.6 Å². The topological polar surface area (TPSA) is 70.6 Å². The molecule has 154 valence electrons. The van der Waals surface area contributed by atoms with E-state index in [0.717, 1.165) is 18.4 Å². The SMILES string of the molecule is CCNC(=NCC1(c2cccc(F)c2)CC1)NCCS(=O)(=O)C(C)(C)C.I. The van der Waals surface area contributed by atoms with Gasteiger partial charge >= 0.3 is 0 Å². The number of sulfone groups is 1. The van der Waals surface area contributed by atoms with Crippen molar-refractivity contribution in [2.45, 2.75) is 50.7 Å². The van der Waals surface area contributed by atoms with Gasteiger partial charge in [-0.25, -0.2) is 12.8 Å². The van der Waals surface area contributed by atoms with Crippen molar-refractivity contribution in [1.82, 2.24) is 10.6 Å². The molecule has 0 bridgehead atoms. The van der Waals surface area contributed by atoms with Crippen molar-refractivity contribution in [2.24, 2.45) is 4.99 Å². The average molecular weight is 511 g/mol. The maximum atomic E-state index is 13.5. The number of rotatable bonds is 7. The fourth-order valence-electron chi connectivity index (χ4n) is 2.69. The molecule has 1 aromatic rings. The van der Waals surface area contributed by atoms with E-state index in [0.29, 0.717) is 25.6 Å². The van der Waals surface area contributed by atoms with Gasteiger partial charge in [0.15, 0.2) is 15.8 Å². The Morgan fingerprint density at radius 1 is 1.26 bits per heavy atom. The van der Waals surface area contributed by atoms with Gasteiger partial charge in [0.2, 0.25) is 0 Å². The maximum absolute atomic E-state index is 13.5. The number of guanidine groups is 1. The van der Waals surface area contributed by atoms with Gasteiger partial charge in [-0.15, -0.1) is 24.0 Å². The Kier molecular flexibility index (Phi) is 8.53. The van der Waals surface area contributed by atoms with E-state index >= 15 is 0 Å². The molecule has 1 aliphatic rings. The van der Waals surface area contributed by atoms with Gasteiger partial charge in [0.25, 0.3) is 0 Å². The Balaban J connectivity index is 0.00000364. The van der Waals surface area contributed by atoms with Crippen LogP contribution in [0.3, 0.4) is 0 Å². The Morgan fingerprint density at radius 3 is 2.44 bits per heavy atom. The summed E-state index contributed by atoms with van der Waals surface area (Å²) in [6.07, 6.45) is 1.97. The Morgan fingerprint density at radius 2 is 1.93 bits per heavy atom. The van der Waals surface area contributed by atoms with Crippen LogP contribution in [0.1, 0.15) is 46.1 Å². The second-order valence-corrected chi connectivity index (χ2v) is 10.7. The summed E-state index contributed by atoms with van der Waals surface area (Å²) in [5.74, 6) is 0.421. The van der Waals surface area contributed by atoms with Crippen LogP contribution in [0.5, 0.6) is 0 Å². The zero-order valence-corrected chi connectivity index (χ0v) is 19.7. The highest BCUT2D eigenvalue weighted by Crippen LogP contribution is 2.48. The molecule has 0 spiro atoms. The fourth-order valence-corrected chi connectivity index (χ4v) is 3.67. The molecule has 1 saturated carbocycles. The standard InChI is InChI=1S/C19H30FN3O2S.HI/c1-5-21-17(22-11-12-26(24,25)18(2,3)4)23-14-19(9-10-19)15-7-6-8-16(20)13-15;/h6-8,13H,5,9-12,14H2,1-4H3,(H2,21,22,23);1H. The lowest BCUT2D eigenvalue weighted by molar-refractivity contribution is 0.559. The summed E-state index contributed by atoms with van der Waals surface area (Å²) in [6, 6.07) is 6.71. The molecule has 0 amide bonds. The zero-order valence-electron chi connectivity index (χ0n) is 16.5.